The lowest BCUT2D eigenvalue weighted by atomic mass is 10.1. The highest BCUT2D eigenvalue weighted by Gasteiger charge is 2.13. The van der Waals surface area contributed by atoms with Gasteiger partial charge >= 0.3 is 0 Å². The van der Waals surface area contributed by atoms with Crippen LogP contribution in [0.3, 0.4) is 0 Å². The molecule has 4 nitrogen and oxygen atoms in total. The van der Waals surface area contributed by atoms with Crippen molar-refractivity contribution in [3.05, 3.63) is 17.6 Å². The van der Waals surface area contributed by atoms with E-state index in [0.29, 0.717) is 0 Å². The van der Waals surface area contributed by atoms with E-state index in [-0.39, 0.29) is 6.04 Å². The van der Waals surface area contributed by atoms with Crippen LogP contribution in [0.25, 0.3) is 0 Å². The predicted octanol–water partition coefficient (Wildman–Crippen LogP) is 1.89. The summed E-state index contributed by atoms with van der Waals surface area (Å²) in [6, 6.07) is 0.239. The molecule has 0 radical (unpaired) electrons. The van der Waals surface area contributed by atoms with Gasteiger partial charge in [-0.2, -0.15) is 0 Å². The van der Waals surface area contributed by atoms with Gasteiger partial charge in [-0.05, 0) is 39.0 Å². The van der Waals surface area contributed by atoms with Crippen LogP contribution in [0.5, 0.6) is 0 Å². The number of nitrogens with two attached hydrogens (primary N) is 1. The minimum Gasteiger partial charge on any atom is -0.370 e. The third-order valence-corrected chi connectivity index (χ3v) is 3.27. The fourth-order valence-corrected chi connectivity index (χ4v) is 2.27. The quantitative estimate of drug-likeness (QED) is 0.781. The normalized spacial score (nSPS) is 17.1. The molecular weight excluding hydrogens is 212 g/mol. The van der Waals surface area contributed by atoms with Crippen LogP contribution in [0, 0.1) is 0 Å². The first-order chi connectivity index (χ1) is 8.27. The summed E-state index contributed by atoms with van der Waals surface area (Å²) in [5, 5.41) is 3.40. The third kappa shape index (κ3) is 3.40. The van der Waals surface area contributed by atoms with Crippen molar-refractivity contribution >= 4 is 5.82 Å². The summed E-state index contributed by atoms with van der Waals surface area (Å²) in [7, 11) is 0. The predicted molar refractivity (Wildman–Crippen MR) is 70.0 cm³/mol. The molecule has 0 saturated heterocycles. The molecule has 0 amide bonds. The van der Waals surface area contributed by atoms with Crippen LogP contribution < -0.4 is 11.1 Å². The number of hydrogen-bond acceptors (Lipinski definition) is 4. The molecule has 1 aromatic rings. The Morgan fingerprint density at radius 3 is 2.94 bits per heavy atom. The average Bonchev–Trinajstić information content (AvgIpc) is 2.54. The number of nitrogens with zero attached hydrogens (tertiary/aromatic N) is 2. The van der Waals surface area contributed by atoms with E-state index in [2.05, 4.69) is 15.3 Å². The van der Waals surface area contributed by atoms with E-state index >= 15 is 0 Å². The Kier molecular flexibility index (Phi) is 4.31. The molecular formula is C13H22N4. The molecule has 0 bridgehead atoms. The molecule has 0 spiro atoms. The Morgan fingerprint density at radius 1 is 1.29 bits per heavy atom. The Morgan fingerprint density at radius 2 is 2.12 bits per heavy atom. The van der Waals surface area contributed by atoms with Crippen LogP contribution in [-0.2, 0) is 12.8 Å². The third-order valence-electron chi connectivity index (χ3n) is 3.27. The van der Waals surface area contributed by atoms with Gasteiger partial charge in [-0.3, -0.25) is 0 Å². The van der Waals surface area contributed by atoms with Crippen molar-refractivity contribution in [2.45, 2.75) is 51.5 Å². The molecule has 0 aromatic carbocycles. The highest BCUT2D eigenvalue weighted by Crippen LogP contribution is 2.23. The molecule has 1 aliphatic carbocycles. The summed E-state index contributed by atoms with van der Waals surface area (Å²) < 4.78 is 0. The first kappa shape index (κ1) is 12.3. The molecule has 0 fully saturated rings. The molecule has 17 heavy (non-hydrogen) atoms. The van der Waals surface area contributed by atoms with Gasteiger partial charge in [-0.25, -0.2) is 9.97 Å². The van der Waals surface area contributed by atoms with E-state index in [1.807, 2.05) is 6.92 Å². The Labute approximate surface area is 103 Å². The lowest BCUT2D eigenvalue weighted by molar-refractivity contribution is 0.688. The van der Waals surface area contributed by atoms with E-state index in [9.17, 15) is 0 Å². The Bertz CT molecular complexity index is 362. The van der Waals surface area contributed by atoms with E-state index in [1.165, 1.54) is 30.5 Å². The highest BCUT2D eigenvalue weighted by atomic mass is 15.0. The number of nitrogens with one attached hydrogen (secondary N) is 1. The second kappa shape index (κ2) is 5.96. The van der Waals surface area contributed by atoms with Gasteiger partial charge in [0.2, 0.25) is 0 Å². The SMILES string of the molecule is CC(N)CCNc1ncnc2c1CCCCC2. The Hall–Kier alpha value is -1.16. The summed E-state index contributed by atoms with van der Waals surface area (Å²) in [5.74, 6) is 1.03. The summed E-state index contributed by atoms with van der Waals surface area (Å²) in [5.41, 5.74) is 8.31. The van der Waals surface area contributed by atoms with Gasteiger partial charge in [0, 0.05) is 23.8 Å². The first-order valence-corrected chi connectivity index (χ1v) is 6.59. The monoisotopic (exact) mass is 234 g/mol. The second-order valence-electron chi connectivity index (χ2n) is 4.90. The van der Waals surface area contributed by atoms with Crippen molar-refractivity contribution in [2.24, 2.45) is 5.73 Å². The van der Waals surface area contributed by atoms with Gasteiger partial charge in [0.1, 0.15) is 12.1 Å². The van der Waals surface area contributed by atoms with Gasteiger partial charge < -0.3 is 11.1 Å². The van der Waals surface area contributed by atoms with Crippen LogP contribution >= 0.6 is 0 Å². The van der Waals surface area contributed by atoms with E-state index in [4.69, 9.17) is 5.73 Å². The van der Waals surface area contributed by atoms with Crippen LogP contribution in [-0.4, -0.2) is 22.6 Å². The maximum atomic E-state index is 5.75. The zero-order chi connectivity index (χ0) is 12.1. The van der Waals surface area contributed by atoms with E-state index in [0.717, 1.165) is 31.6 Å². The van der Waals surface area contributed by atoms with E-state index in [1.54, 1.807) is 6.33 Å². The van der Waals surface area contributed by atoms with E-state index < -0.39 is 0 Å². The molecule has 1 heterocycles. The van der Waals surface area contributed by atoms with Gasteiger partial charge in [0.15, 0.2) is 0 Å². The Balaban J connectivity index is 2.06. The number of aromatic nitrogens is 2. The molecule has 4 heteroatoms. The largest absolute Gasteiger partial charge is 0.370 e. The molecule has 0 saturated carbocycles. The summed E-state index contributed by atoms with van der Waals surface area (Å²) in [4.78, 5) is 8.77. The van der Waals surface area contributed by atoms with Gasteiger partial charge in [-0.15, -0.1) is 0 Å². The molecule has 1 unspecified atom stereocenters. The van der Waals surface area contributed by atoms with Crippen molar-refractivity contribution in [3.8, 4) is 0 Å². The maximum Gasteiger partial charge on any atom is 0.132 e. The second-order valence-corrected chi connectivity index (χ2v) is 4.90. The molecule has 1 aromatic heterocycles. The van der Waals surface area contributed by atoms with Crippen LogP contribution in [0.15, 0.2) is 6.33 Å². The molecule has 3 N–H and O–H groups in total. The zero-order valence-corrected chi connectivity index (χ0v) is 10.6. The van der Waals surface area contributed by atoms with Gasteiger partial charge in [-0.1, -0.05) is 6.42 Å². The smallest absolute Gasteiger partial charge is 0.132 e. The van der Waals surface area contributed by atoms with Crippen molar-refractivity contribution < 1.29 is 0 Å². The fraction of sp³-hybridized carbons (Fsp3) is 0.692. The van der Waals surface area contributed by atoms with Crippen molar-refractivity contribution in [2.75, 3.05) is 11.9 Å². The zero-order valence-electron chi connectivity index (χ0n) is 10.6. The maximum absolute atomic E-state index is 5.75. The molecule has 1 aliphatic rings. The standard InChI is InChI=1S/C13H22N4/c1-10(14)7-8-15-13-11-5-3-2-4-6-12(11)16-9-17-13/h9-10H,2-8,14H2,1H3,(H,15,16,17). The molecule has 94 valence electrons. The number of aryl methyl sites for hydroxylation is 1. The van der Waals surface area contributed by atoms with Crippen molar-refractivity contribution in [1.82, 2.24) is 9.97 Å². The van der Waals surface area contributed by atoms with Gasteiger partial charge in [0.25, 0.3) is 0 Å². The highest BCUT2D eigenvalue weighted by molar-refractivity contribution is 5.46. The lowest BCUT2D eigenvalue weighted by Crippen LogP contribution is -2.20. The van der Waals surface area contributed by atoms with Gasteiger partial charge in [0.05, 0.1) is 0 Å². The fourth-order valence-electron chi connectivity index (χ4n) is 2.27. The number of hydrogen-bond donors (Lipinski definition) is 2. The summed E-state index contributed by atoms with van der Waals surface area (Å²) >= 11 is 0. The van der Waals surface area contributed by atoms with Crippen molar-refractivity contribution in [1.29, 1.82) is 0 Å². The minimum absolute atomic E-state index is 0.239. The topological polar surface area (TPSA) is 63.8 Å². The lowest BCUT2D eigenvalue weighted by Gasteiger charge is -2.13. The number of fused-ring (bicyclic) bond motifs is 1. The average molecular weight is 234 g/mol. The molecule has 2 rings (SSSR count). The molecule has 0 aliphatic heterocycles. The number of anilines is 1. The van der Waals surface area contributed by atoms with Crippen molar-refractivity contribution in [3.63, 3.8) is 0 Å². The van der Waals surface area contributed by atoms with Crippen LogP contribution in [0.2, 0.25) is 0 Å². The minimum atomic E-state index is 0.239. The molecule has 1 atom stereocenters. The summed E-state index contributed by atoms with van der Waals surface area (Å²) in [6.07, 6.45) is 8.66. The van der Waals surface area contributed by atoms with Crippen LogP contribution in [0.4, 0.5) is 5.82 Å². The number of rotatable bonds is 4. The first-order valence-electron chi connectivity index (χ1n) is 6.59. The summed E-state index contributed by atoms with van der Waals surface area (Å²) in [6.45, 7) is 2.92. The van der Waals surface area contributed by atoms with Crippen LogP contribution in [0.1, 0.15) is 43.9 Å².